The molecule has 0 spiro atoms. The van der Waals surface area contributed by atoms with Gasteiger partial charge in [-0.3, -0.25) is 14.5 Å². The first-order valence-electron chi connectivity index (χ1n) is 10.4. The number of β-lactam (4-membered cyclic amide) rings is 1. The number of nitrogens with two attached hydrogens (primary N) is 1. The van der Waals surface area contributed by atoms with E-state index in [-0.39, 0.29) is 29.0 Å². The number of anilines is 1. The number of nitrogens with one attached hydrogen (secondary N) is 1. The number of thioether (sulfide) groups is 1. The van der Waals surface area contributed by atoms with E-state index in [0.29, 0.717) is 15.9 Å². The number of alkyl halides is 1. The predicted octanol–water partition coefficient (Wildman–Crippen LogP) is 1.31. The summed E-state index contributed by atoms with van der Waals surface area (Å²) in [5, 5.41) is 6.02. The van der Waals surface area contributed by atoms with Gasteiger partial charge in [-0.1, -0.05) is 39.9 Å². The largest absolute Gasteiger partial charge is 0.497 e. The van der Waals surface area contributed by atoms with E-state index >= 15 is 0 Å². The second kappa shape index (κ2) is 11.4. The second-order valence-electron chi connectivity index (χ2n) is 7.45. The van der Waals surface area contributed by atoms with Gasteiger partial charge in [-0.15, -0.1) is 11.8 Å². The van der Waals surface area contributed by atoms with Crippen molar-refractivity contribution in [3.05, 3.63) is 46.9 Å². The SMILES string of the molecule is CO/N=C(\C(=O)N[C@@H]1C(=O)N2C(C(=O)OCc3ccc(OC)cc3)=C(CI)CS[C@@H]12)c1nsc(N)n1. The molecule has 0 unspecified atom stereocenters. The van der Waals surface area contributed by atoms with E-state index in [1.54, 1.807) is 31.4 Å². The van der Waals surface area contributed by atoms with Crippen LogP contribution in [0.1, 0.15) is 11.4 Å². The van der Waals surface area contributed by atoms with E-state index in [1.807, 2.05) is 0 Å². The number of benzene rings is 1. The Hall–Kier alpha value is -2.92. The maximum Gasteiger partial charge on any atom is 0.355 e. The molecule has 36 heavy (non-hydrogen) atoms. The van der Waals surface area contributed by atoms with E-state index in [4.69, 9.17) is 20.0 Å². The molecular formula is C21H21IN6O6S2. The van der Waals surface area contributed by atoms with Gasteiger partial charge in [0, 0.05) is 21.7 Å². The fourth-order valence-corrected chi connectivity index (χ4v) is 6.31. The number of carbonyl (C=O) groups is 3. The molecule has 1 aromatic heterocycles. The van der Waals surface area contributed by atoms with E-state index < -0.39 is 29.2 Å². The molecule has 1 saturated heterocycles. The summed E-state index contributed by atoms with van der Waals surface area (Å²) in [6.45, 7) is 0.0431. The lowest BCUT2D eigenvalue weighted by Crippen LogP contribution is -2.71. The van der Waals surface area contributed by atoms with Gasteiger partial charge in [-0.2, -0.15) is 9.36 Å². The van der Waals surface area contributed by atoms with E-state index in [1.165, 1.54) is 23.8 Å². The highest BCUT2D eigenvalue weighted by Crippen LogP contribution is 2.41. The quantitative estimate of drug-likeness (QED) is 0.102. The maximum atomic E-state index is 13.1. The molecule has 190 valence electrons. The van der Waals surface area contributed by atoms with Gasteiger partial charge in [0.15, 0.2) is 5.13 Å². The summed E-state index contributed by atoms with van der Waals surface area (Å²) >= 11 is 4.50. The first-order valence-corrected chi connectivity index (χ1v) is 13.8. The maximum absolute atomic E-state index is 13.1. The molecule has 4 rings (SSSR count). The summed E-state index contributed by atoms with van der Waals surface area (Å²) in [6, 6.07) is 6.26. The normalized spacial score (nSPS) is 19.4. The number of carbonyl (C=O) groups excluding carboxylic acids is 3. The monoisotopic (exact) mass is 644 g/mol. The third-order valence-corrected chi connectivity index (χ3v) is 8.07. The number of fused-ring (bicyclic) bond motifs is 1. The zero-order valence-corrected chi connectivity index (χ0v) is 22.9. The molecule has 0 bridgehead atoms. The molecule has 15 heteroatoms. The molecule has 3 heterocycles. The minimum atomic E-state index is -0.874. The minimum absolute atomic E-state index is 0.00771. The van der Waals surface area contributed by atoms with Crippen molar-refractivity contribution in [2.75, 3.05) is 30.1 Å². The average molecular weight is 644 g/mol. The Morgan fingerprint density at radius 1 is 1.31 bits per heavy atom. The highest BCUT2D eigenvalue weighted by atomic mass is 127. The van der Waals surface area contributed by atoms with Crippen LogP contribution in [-0.2, 0) is 30.6 Å². The van der Waals surface area contributed by atoms with E-state index in [2.05, 4.69) is 42.4 Å². The summed E-state index contributed by atoms with van der Waals surface area (Å²) in [5.41, 5.74) is 7.19. The Kier molecular flexibility index (Phi) is 8.30. The van der Waals surface area contributed by atoms with Crippen LogP contribution >= 0.6 is 45.9 Å². The van der Waals surface area contributed by atoms with Gasteiger partial charge in [0.1, 0.15) is 36.6 Å². The number of hydrogen-bond acceptors (Lipinski definition) is 12. The van der Waals surface area contributed by atoms with Crippen molar-refractivity contribution in [3.63, 3.8) is 0 Å². The van der Waals surface area contributed by atoms with Crippen LogP contribution in [-0.4, -0.2) is 73.6 Å². The predicted molar refractivity (Wildman–Crippen MR) is 142 cm³/mol. The molecule has 2 aromatic rings. The number of rotatable bonds is 9. The molecule has 2 aliphatic heterocycles. The van der Waals surface area contributed by atoms with E-state index in [9.17, 15) is 14.4 Å². The fraction of sp³-hybridized carbons (Fsp3) is 0.333. The number of aromatic nitrogens is 2. The van der Waals surface area contributed by atoms with Crippen molar-refractivity contribution in [2.24, 2.45) is 5.16 Å². The van der Waals surface area contributed by atoms with Crippen LogP contribution in [0.3, 0.4) is 0 Å². The summed E-state index contributed by atoms with van der Waals surface area (Å²) in [7, 11) is 2.84. The van der Waals surface area contributed by atoms with Gasteiger partial charge in [0.2, 0.25) is 11.5 Å². The number of nitrogen functional groups attached to an aromatic ring is 1. The van der Waals surface area contributed by atoms with Gasteiger partial charge in [0.25, 0.3) is 11.8 Å². The zero-order valence-electron chi connectivity index (χ0n) is 19.1. The number of hydrogen-bond donors (Lipinski definition) is 2. The molecule has 1 aromatic carbocycles. The number of esters is 1. The van der Waals surface area contributed by atoms with Gasteiger partial charge in [0.05, 0.1) is 7.11 Å². The van der Waals surface area contributed by atoms with Gasteiger partial charge < -0.3 is 25.4 Å². The van der Waals surface area contributed by atoms with Crippen molar-refractivity contribution in [1.82, 2.24) is 19.6 Å². The zero-order chi connectivity index (χ0) is 25.8. The van der Waals surface area contributed by atoms with Crippen molar-refractivity contribution in [2.45, 2.75) is 18.0 Å². The second-order valence-corrected chi connectivity index (χ2v) is 10.1. The topological polar surface area (TPSA) is 158 Å². The molecule has 1 fully saturated rings. The molecule has 0 aliphatic carbocycles. The van der Waals surface area contributed by atoms with Crippen LogP contribution < -0.4 is 15.8 Å². The molecule has 2 amide bonds. The first kappa shape index (κ1) is 26.2. The molecule has 2 atom stereocenters. The Morgan fingerprint density at radius 3 is 2.67 bits per heavy atom. The lowest BCUT2D eigenvalue weighted by Gasteiger charge is -2.49. The molecule has 12 nitrogen and oxygen atoms in total. The summed E-state index contributed by atoms with van der Waals surface area (Å²) in [5.74, 6) is -0.516. The number of nitrogens with zero attached hydrogens (tertiary/aromatic N) is 4. The summed E-state index contributed by atoms with van der Waals surface area (Å²) in [4.78, 5) is 49.1. The van der Waals surface area contributed by atoms with Crippen molar-refractivity contribution < 1.29 is 28.7 Å². The number of amides is 2. The lowest BCUT2D eigenvalue weighted by molar-refractivity contribution is -0.153. The third kappa shape index (κ3) is 5.27. The third-order valence-electron chi connectivity index (χ3n) is 5.27. The standard InChI is InChI=1S/C21H21IN6O6S2/c1-32-12-5-3-10(4-6-12)8-34-20(31)15-11(7-22)9-35-19-14(18(30)28(15)19)24-17(29)13(26-33-2)16-25-21(23)36-27-16/h3-6,14,19H,7-9H2,1-2H3,(H,24,29)(H2,23,25,27)/b26-13-/t14-,19+/m1/s1. The average Bonchev–Trinajstić information content (AvgIpc) is 3.33. The highest BCUT2D eigenvalue weighted by molar-refractivity contribution is 14.1. The minimum Gasteiger partial charge on any atom is -0.497 e. The van der Waals surface area contributed by atoms with Crippen LogP contribution in [0.2, 0.25) is 0 Å². The van der Waals surface area contributed by atoms with Gasteiger partial charge in [-0.05, 0) is 23.3 Å². The Bertz CT molecular complexity index is 1230. The number of ether oxygens (including phenoxy) is 2. The Labute approximate surface area is 227 Å². The van der Waals surface area contributed by atoms with Crippen molar-refractivity contribution >= 4 is 74.5 Å². The smallest absolute Gasteiger partial charge is 0.355 e. The molecule has 0 saturated carbocycles. The van der Waals surface area contributed by atoms with Crippen LogP contribution in [0.4, 0.5) is 5.13 Å². The highest BCUT2D eigenvalue weighted by Gasteiger charge is 2.54. The van der Waals surface area contributed by atoms with Crippen LogP contribution in [0, 0.1) is 0 Å². The fourth-order valence-electron chi connectivity index (χ4n) is 3.53. The molecule has 0 radical (unpaired) electrons. The summed E-state index contributed by atoms with van der Waals surface area (Å²) < 4.78 is 15.2. The summed E-state index contributed by atoms with van der Waals surface area (Å²) in [6.07, 6.45) is 0. The van der Waals surface area contributed by atoms with Crippen molar-refractivity contribution in [1.29, 1.82) is 0 Å². The number of halogens is 1. The van der Waals surface area contributed by atoms with Gasteiger partial charge in [-0.25, -0.2) is 4.79 Å². The van der Waals surface area contributed by atoms with Gasteiger partial charge >= 0.3 is 5.97 Å². The van der Waals surface area contributed by atoms with E-state index in [0.717, 1.165) is 22.7 Å². The van der Waals surface area contributed by atoms with Crippen LogP contribution in [0.15, 0.2) is 40.7 Å². The first-order chi connectivity index (χ1) is 17.4. The molecule has 3 N–H and O–H groups in total. The number of methoxy groups -OCH3 is 1. The Balaban J connectivity index is 1.46. The van der Waals surface area contributed by atoms with Crippen molar-refractivity contribution in [3.8, 4) is 5.75 Å². The Morgan fingerprint density at radius 2 is 2.06 bits per heavy atom. The number of oxime groups is 1. The molecule has 2 aliphatic rings. The molecular weight excluding hydrogens is 623 g/mol. The lowest BCUT2D eigenvalue weighted by atomic mass is 10.0. The van der Waals surface area contributed by atoms with Crippen LogP contribution in [0.5, 0.6) is 5.75 Å². The van der Waals surface area contributed by atoms with Crippen LogP contribution in [0.25, 0.3) is 0 Å².